The summed E-state index contributed by atoms with van der Waals surface area (Å²) >= 11 is 1.49. The third-order valence-corrected chi connectivity index (χ3v) is 7.95. The van der Waals surface area contributed by atoms with E-state index < -0.39 is 11.4 Å². The number of aromatic hydroxyl groups is 1. The molecule has 3 aromatic rings. The Morgan fingerprint density at radius 2 is 2.03 bits per heavy atom. The van der Waals surface area contributed by atoms with E-state index in [1.54, 1.807) is 17.6 Å². The number of nitrogens with zero attached hydrogens (tertiary/aromatic N) is 1. The van der Waals surface area contributed by atoms with Gasteiger partial charge in [-0.3, -0.25) is 9.59 Å². The number of carboxylic acid groups (broad SMARTS) is 1. The number of carbonyl (C=O) groups excluding carboxylic acids is 1. The van der Waals surface area contributed by atoms with Crippen LogP contribution in [0.3, 0.4) is 0 Å². The normalized spacial score (nSPS) is 20.6. The van der Waals surface area contributed by atoms with Gasteiger partial charge in [-0.2, -0.15) is 0 Å². The zero-order valence-electron chi connectivity index (χ0n) is 18.3. The van der Waals surface area contributed by atoms with Crippen LogP contribution in [0.1, 0.15) is 44.6 Å². The van der Waals surface area contributed by atoms with Crippen LogP contribution in [0.5, 0.6) is 11.5 Å². The van der Waals surface area contributed by atoms with Gasteiger partial charge in [0.1, 0.15) is 17.6 Å². The first-order valence-corrected chi connectivity index (χ1v) is 12.1. The van der Waals surface area contributed by atoms with E-state index in [0.29, 0.717) is 37.1 Å². The lowest BCUT2D eigenvalue weighted by molar-refractivity contribution is -0.143. The van der Waals surface area contributed by atoms with Crippen LogP contribution in [-0.2, 0) is 15.0 Å². The Labute approximate surface area is 195 Å². The molecule has 2 heterocycles. The fraction of sp³-hybridized carbons (Fsp3) is 0.400. The molecule has 33 heavy (non-hydrogen) atoms. The van der Waals surface area contributed by atoms with Gasteiger partial charge in [-0.1, -0.05) is 25.0 Å². The van der Waals surface area contributed by atoms with E-state index >= 15 is 0 Å². The molecular formula is C25H26N2O5S. The third-order valence-electron chi connectivity index (χ3n) is 7.10. The molecule has 1 saturated carbocycles. The summed E-state index contributed by atoms with van der Waals surface area (Å²) in [5.41, 5.74) is 3.62. The minimum Gasteiger partial charge on any atom is -0.508 e. The van der Waals surface area contributed by atoms with Gasteiger partial charge in [-0.25, -0.2) is 4.98 Å². The molecule has 1 aliphatic heterocycles. The number of phenols is 1. The average Bonchev–Trinajstić information content (AvgIpc) is 3.54. The fourth-order valence-corrected chi connectivity index (χ4v) is 5.87. The van der Waals surface area contributed by atoms with E-state index in [-0.39, 0.29) is 23.7 Å². The topological polar surface area (TPSA) is 109 Å². The number of thiazole rings is 1. The number of phenolic OH excluding ortho intramolecular Hbond substituents is 1. The second-order valence-corrected chi connectivity index (χ2v) is 9.95. The second-order valence-electron chi connectivity index (χ2n) is 9.09. The lowest BCUT2D eigenvalue weighted by Crippen LogP contribution is -2.32. The molecule has 1 aliphatic carbocycles. The van der Waals surface area contributed by atoms with Crippen molar-refractivity contribution in [3.63, 3.8) is 0 Å². The van der Waals surface area contributed by atoms with Gasteiger partial charge in [-0.15, -0.1) is 11.3 Å². The zero-order chi connectivity index (χ0) is 23.2. The van der Waals surface area contributed by atoms with Crippen molar-refractivity contribution >= 4 is 33.4 Å². The largest absolute Gasteiger partial charge is 0.508 e. The molecule has 3 N–H and O–H groups in total. The van der Waals surface area contributed by atoms with Crippen LogP contribution in [0.15, 0.2) is 35.8 Å². The maximum absolute atomic E-state index is 12.1. The number of amides is 1. The molecule has 0 radical (unpaired) electrons. The van der Waals surface area contributed by atoms with Crippen LogP contribution in [-0.4, -0.2) is 39.7 Å². The number of aromatic nitrogens is 1. The predicted molar refractivity (Wildman–Crippen MR) is 126 cm³/mol. The van der Waals surface area contributed by atoms with Crippen LogP contribution in [0.4, 0.5) is 0 Å². The number of carboxylic acids is 1. The number of nitrogens with one attached hydrogen (secondary N) is 1. The molecule has 0 spiro atoms. The Morgan fingerprint density at radius 3 is 2.70 bits per heavy atom. The van der Waals surface area contributed by atoms with Crippen LogP contribution in [0, 0.1) is 5.92 Å². The van der Waals surface area contributed by atoms with Gasteiger partial charge in [0, 0.05) is 24.4 Å². The molecule has 5 rings (SSSR count). The van der Waals surface area contributed by atoms with E-state index in [0.717, 1.165) is 34.2 Å². The summed E-state index contributed by atoms with van der Waals surface area (Å²) in [7, 11) is 0. The summed E-state index contributed by atoms with van der Waals surface area (Å²) in [5.74, 6) is -0.0357. The predicted octanol–water partition coefficient (Wildman–Crippen LogP) is 4.47. The Bertz CT molecular complexity index is 1230. The molecule has 8 heteroatoms. The number of hydrogen-bond donors (Lipinski definition) is 3. The van der Waals surface area contributed by atoms with Crippen molar-refractivity contribution in [3.05, 3.63) is 41.4 Å². The summed E-state index contributed by atoms with van der Waals surface area (Å²) in [6, 6.07) is 9.12. The highest BCUT2D eigenvalue weighted by atomic mass is 32.1. The van der Waals surface area contributed by atoms with Crippen LogP contribution in [0.25, 0.3) is 21.3 Å². The molecule has 2 aromatic carbocycles. The van der Waals surface area contributed by atoms with Crippen molar-refractivity contribution in [2.75, 3.05) is 6.54 Å². The van der Waals surface area contributed by atoms with Crippen molar-refractivity contribution in [1.82, 2.24) is 10.3 Å². The van der Waals surface area contributed by atoms with Gasteiger partial charge >= 0.3 is 5.97 Å². The molecule has 1 amide bonds. The van der Waals surface area contributed by atoms with E-state index in [1.807, 2.05) is 25.1 Å². The van der Waals surface area contributed by atoms with Gasteiger partial charge in [0.25, 0.3) is 0 Å². The summed E-state index contributed by atoms with van der Waals surface area (Å²) in [5, 5.41) is 23.6. The van der Waals surface area contributed by atoms with E-state index in [9.17, 15) is 19.8 Å². The molecule has 1 saturated heterocycles. The minimum atomic E-state index is -1.02. The van der Waals surface area contributed by atoms with Crippen molar-refractivity contribution in [2.45, 2.75) is 50.5 Å². The highest BCUT2D eigenvalue weighted by Gasteiger charge is 2.44. The lowest BCUT2D eigenvalue weighted by atomic mass is 9.78. The quantitative estimate of drug-likeness (QED) is 0.495. The van der Waals surface area contributed by atoms with Gasteiger partial charge in [-0.05, 0) is 49.1 Å². The smallest absolute Gasteiger partial charge is 0.314 e. The molecule has 0 bridgehead atoms. The van der Waals surface area contributed by atoms with Gasteiger partial charge in [0.2, 0.25) is 5.91 Å². The number of carbonyl (C=O) groups is 2. The van der Waals surface area contributed by atoms with Crippen molar-refractivity contribution in [2.24, 2.45) is 5.92 Å². The van der Waals surface area contributed by atoms with Crippen molar-refractivity contribution in [3.8, 4) is 22.6 Å². The molecule has 7 nitrogen and oxygen atoms in total. The number of aliphatic carboxylic acids is 1. The molecule has 2 atom stereocenters. The summed E-state index contributed by atoms with van der Waals surface area (Å²) in [6.07, 6.45) is 3.05. The summed E-state index contributed by atoms with van der Waals surface area (Å²) in [4.78, 5) is 28.1. The van der Waals surface area contributed by atoms with Gasteiger partial charge in [0.05, 0.1) is 21.1 Å². The Balaban J connectivity index is 1.49. The van der Waals surface area contributed by atoms with E-state index in [4.69, 9.17) is 4.74 Å². The Kier molecular flexibility index (Phi) is 5.48. The lowest BCUT2D eigenvalue weighted by Gasteiger charge is -2.25. The molecular weight excluding hydrogens is 440 g/mol. The van der Waals surface area contributed by atoms with Crippen LogP contribution in [0.2, 0.25) is 0 Å². The maximum Gasteiger partial charge on any atom is 0.314 e. The number of benzene rings is 2. The van der Waals surface area contributed by atoms with Gasteiger partial charge < -0.3 is 20.3 Å². The van der Waals surface area contributed by atoms with Crippen molar-refractivity contribution in [1.29, 1.82) is 0 Å². The molecule has 172 valence electrons. The summed E-state index contributed by atoms with van der Waals surface area (Å²) in [6.45, 7) is 2.57. The fourth-order valence-electron chi connectivity index (χ4n) is 5.14. The standard InChI is InChI=1S/C25H26N2O5S/c1-14(17-11-22(29)26-12-17)32-21-10-16(8-19-23(21)33-13-27-19)15-4-5-18(20(28)9-15)25(24(30)31)6-2-3-7-25/h4-5,8-10,13-14,17,28H,2-3,6-7,11-12H2,1H3,(H,26,29)(H,30,31)/t14-,17-/m1/s1. The van der Waals surface area contributed by atoms with Crippen molar-refractivity contribution < 1.29 is 24.5 Å². The average molecular weight is 467 g/mol. The molecule has 2 aliphatic rings. The van der Waals surface area contributed by atoms with Crippen LogP contribution >= 0.6 is 11.3 Å². The van der Waals surface area contributed by atoms with E-state index in [1.165, 1.54) is 11.3 Å². The SMILES string of the molecule is C[C@@H](Oc1cc(-c2ccc(C3(C(=O)O)CCCC3)c(O)c2)cc2ncsc12)[C@H]1CNC(=O)C1. The number of hydrogen-bond acceptors (Lipinski definition) is 6. The highest BCUT2D eigenvalue weighted by molar-refractivity contribution is 7.17. The molecule has 0 unspecified atom stereocenters. The maximum atomic E-state index is 12.1. The first-order valence-electron chi connectivity index (χ1n) is 11.3. The highest BCUT2D eigenvalue weighted by Crippen LogP contribution is 2.46. The second kappa shape index (κ2) is 8.33. The van der Waals surface area contributed by atoms with Gasteiger partial charge in [0.15, 0.2) is 0 Å². The molecule has 2 fully saturated rings. The Hall–Kier alpha value is -3.13. The van der Waals surface area contributed by atoms with Crippen LogP contribution < -0.4 is 10.1 Å². The number of ether oxygens (including phenoxy) is 1. The minimum absolute atomic E-state index is 0.00144. The monoisotopic (exact) mass is 466 g/mol. The first-order chi connectivity index (χ1) is 15.9. The Morgan fingerprint density at radius 1 is 1.24 bits per heavy atom. The van der Waals surface area contributed by atoms with E-state index in [2.05, 4.69) is 10.3 Å². The number of rotatable bonds is 6. The summed E-state index contributed by atoms with van der Waals surface area (Å²) < 4.78 is 7.23. The molecule has 1 aromatic heterocycles. The zero-order valence-corrected chi connectivity index (χ0v) is 19.2. The first kappa shape index (κ1) is 21.7. The number of fused-ring (bicyclic) bond motifs is 1. The third kappa shape index (κ3) is 3.82.